The third-order valence-electron chi connectivity index (χ3n) is 2.48. The normalized spacial score (nSPS) is 23.1. The highest BCUT2D eigenvalue weighted by Gasteiger charge is 2.46. The van der Waals surface area contributed by atoms with Gasteiger partial charge >= 0.3 is 12.0 Å². The zero-order chi connectivity index (χ0) is 12.6. The van der Waals surface area contributed by atoms with Crippen LogP contribution in [0.15, 0.2) is 24.3 Å². The average molecular weight is 235 g/mol. The van der Waals surface area contributed by atoms with Gasteiger partial charge in [0.25, 0.3) is 5.91 Å². The van der Waals surface area contributed by atoms with Gasteiger partial charge in [0.05, 0.1) is 5.56 Å². The summed E-state index contributed by atoms with van der Waals surface area (Å²) in [7, 11) is 0. The number of rotatable bonds is 2. The van der Waals surface area contributed by atoms with E-state index in [-0.39, 0.29) is 11.1 Å². The van der Waals surface area contributed by atoms with Crippen LogP contribution in [0.25, 0.3) is 0 Å². The molecule has 1 aromatic carbocycles. The molecule has 1 aliphatic rings. The van der Waals surface area contributed by atoms with E-state index in [0.29, 0.717) is 0 Å². The van der Waals surface area contributed by atoms with Crippen LogP contribution in [0.1, 0.15) is 15.9 Å². The average Bonchev–Trinajstić information content (AvgIpc) is 2.53. The van der Waals surface area contributed by atoms with E-state index in [1.54, 1.807) is 0 Å². The van der Waals surface area contributed by atoms with Gasteiger partial charge in [-0.15, -0.1) is 0 Å². The van der Waals surface area contributed by atoms with Gasteiger partial charge in [-0.05, 0) is 6.07 Å². The number of carbonyl (C=O) groups is 3. The number of hydrogen-bond acceptors (Lipinski definition) is 4. The highest BCUT2D eigenvalue weighted by molar-refractivity contribution is 6.08. The minimum atomic E-state index is -1.84. The maximum atomic E-state index is 11.6. The zero-order valence-corrected chi connectivity index (χ0v) is 8.56. The molecule has 1 atom stereocenters. The molecule has 1 fully saturated rings. The van der Waals surface area contributed by atoms with Crippen molar-refractivity contribution in [2.75, 3.05) is 0 Å². The molecule has 0 saturated carbocycles. The van der Waals surface area contributed by atoms with Crippen LogP contribution >= 0.6 is 0 Å². The lowest BCUT2D eigenvalue weighted by Gasteiger charge is -2.22. The van der Waals surface area contributed by atoms with Crippen molar-refractivity contribution in [3.05, 3.63) is 35.4 Å². The first-order valence-electron chi connectivity index (χ1n) is 4.70. The number of imide groups is 1. The Labute approximate surface area is 95.6 Å². The summed E-state index contributed by atoms with van der Waals surface area (Å²) in [6.07, 6.45) is 0. The van der Waals surface area contributed by atoms with Crippen molar-refractivity contribution in [2.45, 2.75) is 5.66 Å². The largest absolute Gasteiger partial charge is 0.478 e. The van der Waals surface area contributed by atoms with Gasteiger partial charge in [0.15, 0.2) is 5.66 Å². The van der Waals surface area contributed by atoms with Gasteiger partial charge in [0, 0.05) is 5.56 Å². The van der Waals surface area contributed by atoms with E-state index in [9.17, 15) is 14.4 Å². The molecule has 0 aliphatic carbocycles. The van der Waals surface area contributed by atoms with Crippen molar-refractivity contribution in [2.24, 2.45) is 5.73 Å². The van der Waals surface area contributed by atoms with E-state index in [2.05, 4.69) is 5.32 Å². The second kappa shape index (κ2) is 3.56. The van der Waals surface area contributed by atoms with Crippen LogP contribution in [-0.2, 0) is 10.5 Å². The summed E-state index contributed by atoms with van der Waals surface area (Å²) < 4.78 is 0. The Morgan fingerprint density at radius 2 is 1.94 bits per heavy atom. The van der Waals surface area contributed by atoms with Gasteiger partial charge in [0.2, 0.25) is 0 Å². The first kappa shape index (κ1) is 11.1. The minimum Gasteiger partial charge on any atom is -0.478 e. The molecular formula is C10H9N3O4. The smallest absolute Gasteiger partial charge is 0.336 e. The minimum absolute atomic E-state index is 0.0378. The molecule has 17 heavy (non-hydrogen) atoms. The van der Waals surface area contributed by atoms with E-state index < -0.39 is 23.6 Å². The molecule has 7 nitrogen and oxygen atoms in total. The molecule has 1 aliphatic heterocycles. The first-order valence-corrected chi connectivity index (χ1v) is 4.70. The third kappa shape index (κ3) is 1.62. The first-order chi connectivity index (χ1) is 7.95. The molecule has 0 aromatic heterocycles. The van der Waals surface area contributed by atoms with E-state index in [0.717, 1.165) is 0 Å². The van der Waals surface area contributed by atoms with Crippen molar-refractivity contribution in [1.29, 1.82) is 0 Å². The maximum Gasteiger partial charge on any atom is 0.336 e. The van der Waals surface area contributed by atoms with Crippen LogP contribution in [0, 0.1) is 0 Å². The third-order valence-corrected chi connectivity index (χ3v) is 2.48. The van der Waals surface area contributed by atoms with E-state index >= 15 is 0 Å². The number of carbonyl (C=O) groups excluding carboxylic acids is 2. The molecular weight excluding hydrogens is 226 g/mol. The molecule has 88 valence electrons. The number of aromatic carboxylic acids is 1. The van der Waals surface area contributed by atoms with Crippen LogP contribution in [0.4, 0.5) is 4.79 Å². The number of hydrogen-bond donors (Lipinski definition) is 4. The topological polar surface area (TPSA) is 122 Å². The second-order valence-electron chi connectivity index (χ2n) is 3.57. The summed E-state index contributed by atoms with van der Waals surface area (Å²) in [5.41, 5.74) is 3.81. The Kier molecular flexibility index (Phi) is 2.32. The molecule has 0 spiro atoms. The molecule has 1 heterocycles. The van der Waals surface area contributed by atoms with Gasteiger partial charge in [-0.3, -0.25) is 15.8 Å². The van der Waals surface area contributed by atoms with Crippen molar-refractivity contribution in [3.63, 3.8) is 0 Å². The monoisotopic (exact) mass is 235 g/mol. The van der Waals surface area contributed by atoms with Crippen LogP contribution in [0.2, 0.25) is 0 Å². The fourth-order valence-electron chi connectivity index (χ4n) is 1.67. The zero-order valence-electron chi connectivity index (χ0n) is 8.56. The van der Waals surface area contributed by atoms with Crippen LogP contribution in [0.3, 0.4) is 0 Å². The summed E-state index contributed by atoms with van der Waals surface area (Å²) in [5, 5.41) is 13.2. The molecule has 3 amide bonds. The molecule has 7 heteroatoms. The number of nitrogens with two attached hydrogens (primary N) is 1. The summed E-state index contributed by atoms with van der Waals surface area (Å²) in [6.45, 7) is 0. The Balaban J connectivity index is 2.57. The lowest BCUT2D eigenvalue weighted by atomic mass is 9.95. The highest BCUT2D eigenvalue weighted by atomic mass is 16.4. The number of urea groups is 1. The molecule has 2 rings (SSSR count). The quantitative estimate of drug-likeness (QED) is 0.507. The molecule has 0 bridgehead atoms. The maximum absolute atomic E-state index is 11.6. The van der Waals surface area contributed by atoms with Crippen molar-refractivity contribution in [1.82, 2.24) is 10.6 Å². The van der Waals surface area contributed by atoms with Crippen molar-refractivity contribution < 1.29 is 19.5 Å². The van der Waals surface area contributed by atoms with Gasteiger partial charge < -0.3 is 10.4 Å². The Hall–Kier alpha value is -2.41. The molecule has 1 aromatic rings. The van der Waals surface area contributed by atoms with Crippen molar-refractivity contribution in [3.8, 4) is 0 Å². The van der Waals surface area contributed by atoms with Crippen LogP contribution in [0.5, 0.6) is 0 Å². The lowest BCUT2D eigenvalue weighted by molar-refractivity contribution is -0.124. The van der Waals surface area contributed by atoms with E-state index in [4.69, 9.17) is 10.8 Å². The predicted octanol–water partition coefficient (Wildman–Crippen LogP) is -0.664. The summed E-state index contributed by atoms with van der Waals surface area (Å²) in [5.74, 6) is -2.00. The number of benzene rings is 1. The number of carboxylic acid groups (broad SMARTS) is 1. The Bertz CT molecular complexity index is 528. The van der Waals surface area contributed by atoms with Gasteiger partial charge in [-0.2, -0.15) is 0 Å². The number of nitrogens with one attached hydrogen (secondary N) is 2. The molecule has 5 N–H and O–H groups in total. The summed E-state index contributed by atoms with van der Waals surface area (Å²) in [4.78, 5) is 33.6. The Morgan fingerprint density at radius 3 is 2.47 bits per heavy atom. The van der Waals surface area contributed by atoms with Crippen molar-refractivity contribution >= 4 is 17.9 Å². The van der Waals surface area contributed by atoms with Crippen LogP contribution < -0.4 is 16.4 Å². The van der Waals surface area contributed by atoms with Gasteiger partial charge in [0.1, 0.15) is 0 Å². The van der Waals surface area contributed by atoms with Crippen LogP contribution in [-0.4, -0.2) is 23.0 Å². The van der Waals surface area contributed by atoms with Gasteiger partial charge in [-0.1, -0.05) is 18.2 Å². The second-order valence-corrected chi connectivity index (χ2v) is 3.57. The Morgan fingerprint density at radius 1 is 1.29 bits per heavy atom. The fraction of sp³-hybridized carbons (Fsp3) is 0.100. The SMILES string of the molecule is NC1(c2ccccc2C(=O)O)NC(=O)NC1=O. The highest BCUT2D eigenvalue weighted by Crippen LogP contribution is 2.22. The summed E-state index contributed by atoms with van der Waals surface area (Å²) in [6, 6.07) is 4.98. The lowest BCUT2D eigenvalue weighted by Crippen LogP contribution is -2.52. The van der Waals surface area contributed by atoms with Gasteiger partial charge in [-0.25, -0.2) is 9.59 Å². The standard InChI is InChI=1S/C10H9N3O4/c11-10(8(16)12-9(17)13-10)6-4-2-1-3-5(6)7(14)15/h1-4H,11H2,(H,14,15)(H2,12,13,16,17). The molecule has 1 saturated heterocycles. The van der Waals surface area contributed by atoms with E-state index in [1.165, 1.54) is 24.3 Å². The summed E-state index contributed by atoms with van der Waals surface area (Å²) >= 11 is 0. The molecule has 0 radical (unpaired) electrons. The molecule has 1 unspecified atom stereocenters. The number of carboxylic acids is 1. The fourth-order valence-corrected chi connectivity index (χ4v) is 1.67. The predicted molar refractivity (Wildman–Crippen MR) is 55.9 cm³/mol. The van der Waals surface area contributed by atoms with E-state index in [1.807, 2.05) is 5.32 Å². The number of amides is 3.